The number of hydrogen-bond donors (Lipinski definition) is 2. The maximum Gasteiger partial charge on any atom is 0.319 e. The van der Waals surface area contributed by atoms with Gasteiger partial charge in [-0.2, -0.15) is 5.26 Å². The van der Waals surface area contributed by atoms with Crippen molar-refractivity contribution in [3.8, 4) is 6.07 Å². The molecule has 0 fully saturated rings. The summed E-state index contributed by atoms with van der Waals surface area (Å²) in [6.07, 6.45) is 0. The number of benzene rings is 1. The summed E-state index contributed by atoms with van der Waals surface area (Å²) in [6.45, 7) is 7.96. The van der Waals surface area contributed by atoms with Crippen molar-refractivity contribution < 1.29 is 4.79 Å². The van der Waals surface area contributed by atoms with E-state index in [1.54, 1.807) is 0 Å². The minimum absolute atomic E-state index is 0.264. The number of nitrogens with zero attached hydrogens (tertiary/aromatic N) is 1. The molecule has 2 N–H and O–H groups in total. The zero-order valence-corrected chi connectivity index (χ0v) is 12.2. The second-order valence-electron chi connectivity index (χ2n) is 6.09. The van der Waals surface area contributed by atoms with Crippen molar-refractivity contribution in [2.45, 2.75) is 33.7 Å². The van der Waals surface area contributed by atoms with Crippen LogP contribution in [0.15, 0.2) is 35.5 Å². The van der Waals surface area contributed by atoms with Gasteiger partial charge in [0.15, 0.2) is 0 Å². The molecule has 0 aliphatic carbocycles. The van der Waals surface area contributed by atoms with Crippen LogP contribution in [0.5, 0.6) is 0 Å². The van der Waals surface area contributed by atoms with Crippen molar-refractivity contribution in [1.29, 1.82) is 5.26 Å². The van der Waals surface area contributed by atoms with E-state index in [9.17, 15) is 10.1 Å². The van der Waals surface area contributed by atoms with E-state index in [4.69, 9.17) is 0 Å². The molecule has 1 heterocycles. The summed E-state index contributed by atoms with van der Waals surface area (Å²) < 4.78 is 0. The molecule has 2 amide bonds. The monoisotopic (exact) mass is 269 g/mol. The van der Waals surface area contributed by atoms with Crippen LogP contribution in [-0.4, -0.2) is 6.03 Å². The Morgan fingerprint density at radius 3 is 2.30 bits per heavy atom. The quantitative estimate of drug-likeness (QED) is 0.822. The predicted octanol–water partition coefficient (Wildman–Crippen LogP) is 3.17. The van der Waals surface area contributed by atoms with E-state index in [1.807, 2.05) is 52.0 Å². The zero-order valence-electron chi connectivity index (χ0n) is 12.2. The first-order chi connectivity index (χ1) is 9.32. The minimum atomic E-state index is -0.386. The Hall–Kier alpha value is -2.28. The zero-order chi connectivity index (χ0) is 14.9. The average Bonchev–Trinajstić information content (AvgIpc) is 2.37. The first kappa shape index (κ1) is 14.1. The third-order valence-electron chi connectivity index (χ3n) is 3.35. The van der Waals surface area contributed by atoms with Gasteiger partial charge in [-0.05, 0) is 12.5 Å². The van der Waals surface area contributed by atoms with E-state index < -0.39 is 0 Å². The summed E-state index contributed by atoms with van der Waals surface area (Å²) in [5, 5.41) is 15.1. The van der Waals surface area contributed by atoms with Crippen molar-refractivity contribution in [3.05, 3.63) is 46.7 Å². The molecule has 4 heteroatoms. The number of carbonyl (C=O) groups is 1. The number of aryl methyl sites for hydroxylation is 1. The SMILES string of the molecule is Cc1ccc([C@H]2NC(=O)NC(C(C)(C)C)=C2C#N)cc1. The van der Waals surface area contributed by atoms with Crippen LogP contribution >= 0.6 is 0 Å². The van der Waals surface area contributed by atoms with Gasteiger partial charge in [0, 0.05) is 11.1 Å². The number of nitriles is 1. The second-order valence-corrected chi connectivity index (χ2v) is 6.09. The maximum atomic E-state index is 11.9. The van der Waals surface area contributed by atoms with Crippen LogP contribution in [0.1, 0.15) is 37.9 Å². The van der Waals surface area contributed by atoms with Crippen LogP contribution in [-0.2, 0) is 0 Å². The van der Waals surface area contributed by atoms with Crippen LogP contribution in [0, 0.1) is 23.7 Å². The molecule has 1 atom stereocenters. The number of allylic oxidation sites excluding steroid dienone is 1. The van der Waals surface area contributed by atoms with Crippen LogP contribution in [0.2, 0.25) is 0 Å². The highest BCUT2D eigenvalue weighted by Gasteiger charge is 2.33. The van der Waals surface area contributed by atoms with E-state index >= 15 is 0 Å². The van der Waals surface area contributed by atoms with Gasteiger partial charge >= 0.3 is 6.03 Å². The van der Waals surface area contributed by atoms with E-state index in [0.29, 0.717) is 11.3 Å². The largest absolute Gasteiger partial charge is 0.326 e. The summed E-state index contributed by atoms with van der Waals surface area (Å²) in [6, 6.07) is 9.45. The van der Waals surface area contributed by atoms with Crippen LogP contribution in [0.3, 0.4) is 0 Å². The summed E-state index contributed by atoms with van der Waals surface area (Å²) in [5.74, 6) is 0. The minimum Gasteiger partial charge on any atom is -0.326 e. The van der Waals surface area contributed by atoms with Crippen LogP contribution in [0.4, 0.5) is 4.79 Å². The number of carbonyl (C=O) groups excluding carboxylic acids is 1. The highest BCUT2D eigenvalue weighted by atomic mass is 16.2. The van der Waals surface area contributed by atoms with Crippen LogP contribution < -0.4 is 10.6 Å². The number of hydrogen-bond acceptors (Lipinski definition) is 2. The lowest BCUT2D eigenvalue weighted by molar-refractivity contribution is 0.235. The first-order valence-corrected chi connectivity index (χ1v) is 6.62. The fourth-order valence-electron chi connectivity index (χ4n) is 2.29. The van der Waals surface area contributed by atoms with Crippen LogP contribution in [0.25, 0.3) is 0 Å². The normalized spacial score (nSPS) is 19.1. The van der Waals surface area contributed by atoms with Crippen molar-refractivity contribution in [2.24, 2.45) is 5.41 Å². The molecular weight excluding hydrogens is 250 g/mol. The molecule has 0 saturated heterocycles. The van der Waals surface area contributed by atoms with Gasteiger partial charge < -0.3 is 10.6 Å². The van der Waals surface area contributed by atoms with Crippen molar-refractivity contribution in [2.75, 3.05) is 0 Å². The topological polar surface area (TPSA) is 64.9 Å². The maximum absolute atomic E-state index is 11.9. The second kappa shape index (κ2) is 5.01. The Kier molecular flexibility index (Phi) is 3.54. The lowest BCUT2D eigenvalue weighted by Crippen LogP contribution is -2.46. The fraction of sp³-hybridized carbons (Fsp3) is 0.375. The molecule has 104 valence electrons. The average molecular weight is 269 g/mol. The molecular formula is C16H19N3O. The highest BCUT2D eigenvalue weighted by Crippen LogP contribution is 2.34. The first-order valence-electron chi connectivity index (χ1n) is 6.62. The van der Waals surface area contributed by atoms with Crippen molar-refractivity contribution >= 4 is 6.03 Å². The van der Waals surface area contributed by atoms with E-state index in [-0.39, 0.29) is 17.5 Å². The molecule has 1 aromatic rings. The van der Waals surface area contributed by atoms with E-state index in [1.165, 1.54) is 0 Å². The summed E-state index contributed by atoms with van der Waals surface area (Å²) in [4.78, 5) is 11.9. The predicted molar refractivity (Wildman–Crippen MR) is 77.7 cm³/mol. The Bertz CT molecular complexity index is 600. The number of urea groups is 1. The fourth-order valence-corrected chi connectivity index (χ4v) is 2.29. The highest BCUT2D eigenvalue weighted by molar-refractivity contribution is 5.80. The summed E-state index contributed by atoms with van der Waals surface area (Å²) in [5.41, 5.74) is 3.04. The molecule has 1 aliphatic rings. The Labute approximate surface area is 119 Å². The van der Waals surface area contributed by atoms with Gasteiger partial charge in [0.1, 0.15) is 0 Å². The molecule has 0 aromatic heterocycles. The van der Waals surface area contributed by atoms with Gasteiger partial charge in [-0.3, -0.25) is 0 Å². The molecule has 0 spiro atoms. The number of amides is 2. The standard InChI is InChI=1S/C16H19N3O/c1-10-5-7-11(8-6-10)13-12(9-17)14(16(2,3)4)19-15(20)18-13/h5-8,13H,1-4H3,(H2,18,19,20)/t13-/m1/s1. The smallest absolute Gasteiger partial charge is 0.319 e. The third-order valence-corrected chi connectivity index (χ3v) is 3.35. The third kappa shape index (κ3) is 2.67. The Balaban J connectivity index is 2.54. The Morgan fingerprint density at radius 1 is 1.20 bits per heavy atom. The van der Waals surface area contributed by atoms with Gasteiger partial charge in [-0.15, -0.1) is 0 Å². The van der Waals surface area contributed by atoms with Gasteiger partial charge in [0.2, 0.25) is 0 Å². The van der Waals surface area contributed by atoms with Gasteiger partial charge in [-0.25, -0.2) is 4.79 Å². The number of rotatable bonds is 1. The van der Waals surface area contributed by atoms with E-state index in [2.05, 4.69) is 16.7 Å². The Morgan fingerprint density at radius 2 is 1.80 bits per heavy atom. The molecule has 2 rings (SSSR count). The van der Waals surface area contributed by atoms with Gasteiger partial charge in [0.05, 0.1) is 17.7 Å². The van der Waals surface area contributed by atoms with Crippen molar-refractivity contribution in [3.63, 3.8) is 0 Å². The molecule has 4 nitrogen and oxygen atoms in total. The molecule has 1 aliphatic heterocycles. The molecule has 20 heavy (non-hydrogen) atoms. The molecule has 0 unspecified atom stereocenters. The van der Waals surface area contributed by atoms with Gasteiger partial charge in [0.25, 0.3) is 0 Å². The summed E-state index contributed by atoms with van der Waals surface area (Å²) in [7, 11) is 0. The van der Waals surface area contributed by atoms with Crippen molar-refractivity contribution in [1.82, 2.24) is 10.6 Å². The summed E-state index contributed by atoms with van der Waals surface area (Å²) >= 11 is 0. The lowest BCUT2D eigenvalue weighted by Gasteiger charge is -2.33. The molecule has 0 bridgehead atoms. The van der Waals surface area contributed by atoms with E-state index in [0.717, 1.165) is 11.1 Å². The molecule has 0 saturated carbocycles. The lowest BCUT2D eigenvalue weighted by atomic mass is 9.84. The molecule has 0 radical (unpaired) electrons. The number of nitrogens with one attached hydrogen (secondary N) is 2. The van der Waals surface area contributed by atoms with Gasteiger partial charge in [-0.1, -0.05) is 50.6 Å². The molecule has 1 aromatic carbocycles.